The molecule has 0 saturated carbocycles. The van der Waals surface area contributed by atoms with Gasteiger partial charge in [0.25, 0.3) is 0 Å². The molecule has 0 spiro atoms. The Hall–Kier alpha value is -1.19. The molecule has 0 aliphatic carbocycles. The number of nitrogens with two attached hydrogens (primary N) is 1. The molecule has 2 N–H and O–H groups in total. The van der Waals surface area contributed by atoms with Gasteiger partial charge in [0.05, 0.1) is 10.7 Å². The summed E-state index contributed by atoms with van der Waals surface area (Å²) in [7, 11) is 0. The van der Waals surface area contributed by atoms with Gasteiger partial charge < -0.3 is 5.73 Å². The third kappa shape index (κ3) is 4.44. The third-order valence-electron chi connectivity index (χ3n) is 3.19. The number of aromatic nitrogens is 1. The Morgan fingerprint density at radius 2 is 1.95 bits per heavy atom. The lowest BCUT2D eigenvalue weighted by atomic mass is 10.0. The summed E-state index contributed by atoms with van der Waals surface area (Å²) >= 11 is 1.76. The van der Waals surface area contributed by atoms with Crippen LogP contribution < -0.4 is 5.73 Å². The van der Waals surface area contributed by atoms with Crippen LogP contribution in [0.25, 0.3) is 0 Å². The van der Waals surface area contributed by atoms with Gasteiger partial charge in [-0.2, -0.15) is 0 Å². The average Bonchev–Trinajstić information content (AvgIpc) is 2.85. The minimum atomic E-state index is 0.0428. The Balaban J connectivity index is 1.93. The fourth-order valence-corrected chi connectivity index (χ4v) is 2.84. The predicted octanol–water partition coefficient (Wildman–Crippen LogP) is 3.97. The lowest BCUT2D eigenvalue weighted by Gasteiger charge is -2.09. The summed E-state index contributed by atoms with van der Waals surface area (Å²) in [6, 6.07) is 10.3. The highest BCUT2D eigenvalue weighted by Gasteiger charge is 2.10. The van der Waals surface area contributed by atoms with Gasteiger partial charge in [0.2, 0.25) is 0 Å². The molecule has 2 nitrogen and oxygen atoms in total. The van der Waals surface area contributed by atoms with Gasteiger partial charge in [-0.05, 0) is 24.3 Å². The smallest absolute Gasteiger partial charge is 0.0928 e. The molecule has 102 valence electrons. The van der Waals surface area contributed by atoms with E-state index in [1.807, 2.05) is 18.2 Å². The van der Waals surface area contributed by atoms with Gasteiger partial charge in [0.15, 0.2) is 0 Å². The zero-order valence-corrected chi connectivity index (χ0v) is 12.5. The number of hydrogen-bond acceptors (Lipinski definition) is 3. The van der Waals surface area contributed by atoms with E-state index in [9.17, 15) is 0 Å². The molecule has 1 aromatic carbocycles. The first-order chi connectivity index (χ1) is 9.15. The van der Waals surface area contributed by atoms with Gasteiger partial charge in [-0.1, -0.05) is 44.2 Å². The molecule has 1 atom stereocenters. The summed E-state index contributed by atoms with van der Waals surface area (Å²) < 4.78 is 0. The zero-order chi connectivity index (χ0) is 13.7. The van der Waals surface area contributed by atoms with Gasteiger partial charge >= 0.3 is 0 Å². The van der Waals surface area contributed by atoms with E-state index < -0.39 is 0 Å². The highest BCUT2D eigenvalue weighted by atomic mass is 32.1. The highest BCUT2D eigenvalue weighted by molar-refractivity contribution is 7.09. The summed E-state index contributed by atoms with van der Waals surface area (Å²) in [5, 5.41) is 3.39. The van der Waals surface area contributed by atoms with Crippen molar-refractivity contribution in [1.29, 1.82) is 0 Å². The molecule has 0 fully saturated rings. The van der Waals surface area contributed by atoms with Crippen molar-refractivity contribution in [3.8, 4) is 0 Å². The second-order valence-electron chi connectivity index (χ2n) is 5.39. The molecule has 0 saturated heterocycles. The van der Waals surface area contributed by atoms with Gasteiger partial charge in [0, 0.05) is 17.8 Å². The monoisotopic (exact) mass is 274 g/mol. The maximum atomic E-state index is 6.22. The SMILES string of the molecule is CC(C)CCc1nc(CC(N)c2ccccc2)cs1. The lowest BCUT2D eigenvalue weighted by molar-refractivity contribution is 0.584. The molecule has 2 aromatic rings. The quantitative estimate of drug-likeness (QED) is 0.865. The van der Waals surface area contributed by atoms with Crippen LogP contribution in [0.3, 0.4) is 0 Å². The van der Waals surface area contributed by atoms with Crippen molar-refractivity contribution in [2.75, 3.05) is 0 Å². The average molecular weight is 274 g/mol. The summed E-state index contributed by atoms with van der Waals surface area (Å²) in [5.74, 6) is 0.735. The van der Waals surface area contributed by atoms with E-state index in [1.54, 1.807) is 11.3 Å². The Bertz CT molecular complexity index is 490. The Morgan fingerprint density at radius 3 is 2.63 bits per heavy atom. The minimum Gasteiger partial charge on any atom is -0.324 e. The van der Waals surface area contributed by atoms with Crippen molar-refractivity contribution in [2.24, 2.45) is 11.7 Å². The molecule has 1 aromatic heterocycles. The molecule has 0 bridgehead atoms. The first-order valence-electron chi connectivity index (χ1n) is 6.89. The maximum absolute atomic E-state index is 6.22. The van der Waals surface area contributed by atoms with E-state index in [1.165, 1.54) is 17.0 Å². The summed E-state index contributed by atoms with van der Waals surface area (Å²) in [4.78, 5) is 4.69. The second kappa shape index (κ2) is 6.83. The van der Waals surface area contributed by atoms with Crippen LogP contribution in [0, 0.1) is 5.92 Å². The number of rotatable bonds is 6. The van der Waals surface area contributed by atoms with Gasteiger partial charge in [-0.15, -0.1) is 11.3 Å². The van der Waals surface area contributed by atoms with Crippen LogP contribution in [0.5, 0.6) is 0 Å². The molecule has 0 radical (unpaired) electrons. The molecular weight excluding hydrogens is 252 g/mol. The van der Waals surface area contributed by atoms with E-state index in [2.05, 4.69) is 36.3 Å². The first kappa shape index (κ1) is 14.2. The summed E-state index contributed by atoms with van der Waals surface area (Å²) in [6.07, 6.45) is 3.11. The number of nitrogens with zero attached hydrogens (tertiary/aromatic N) is 1. The molecule has 0 amide bonds. The normalized spacial score (nSPS) is 12.8. The van der Waals surface area contributed by atoms with Gasteiger partial charge in [0.1, 0.15) is 0 Å². The molecular formula is C16H22N2S. The number of aryl methyl sites for hydroxylation is 1. The van der Waals surface area contributed by atoms with E-state index in [0.717, 1.165) is 24.5 Å². The van der Waals surface area contributed by atoms with Crippen LogP contribution in [-0.4, -0.2) is 4.98 Å². The zero-order valence-electron chi connectivity index (χ0n) is 11.7. The predicted molar refractivity (Wildman–Crippen MR) is 82.3 cm³/mol. The van der Waals surface area contributed by atoms with Crippen LogP contribution in [0.4, 0.5) is 0 Å². The summed E-state index contributed by atoms with van der Waals surface area (Å²) in [6.45, 7) is 4.50. The van der Waals surface area contributed by atoms with Crippen LogP contribution in [0.1, 0.15) is 42.6 Å². The van der Waals surface area contributed by atoms with Crippen molar-refractivity contribution in [2.45, 2.75) is 39.2 Å². The number of hydrogen-bond donors (Lipinski definition) is 1. The van der Waals surface area contributed by atoms with Crippen molar-refractivity contribution in [1.82, 2.24) is 4.98 Å². The molecule has 0 aliphatic rings. The van der Waals surface area contributed by atoms with Crippen molar-refractivity contribution < 1.29 is 0 Å². The highest BCUT2D eigenvalue weighted by Crippen LogP contribution is 2.19. The van der Waals surface area contributed by atoms with Crippen LogP contribution in [0.2, 0.25) is 0 Å². The Morgan fingerprint density at radius 1 is 1.21 bits per heavy atom. The topological polar surface area (TPSA) is 38.9 Å². The third-order valence-corrected chi connectivity index (χ3v) is 4.15. The minimum absolute atomic E-state index is 0.0428. The number of thiazole rings is 1. The second-order valence-corrected chi connectivity index (χ2v) is 6.33. The van der Waals surface area contributed by atoms with Gasteiger partial charge in [-0.3, -0.25) is 0 Å². The Labute approximate surface area is 119 Å². The molecule has 3 heteroatoms. The fraction of sp³-hybridized carbons (Fsp3) is 0.438. The molecule has 0 aliphatic heterocycles. The largest absolute Gasteiger partial charge is 0.324 e. The molecule has 1 heterocycles. The van der Waals surface area contributed by atoms with E-state index in [0.29, 0.717) is 0 Å². The fourth-order valence-electron chi connectivity index (χ4n) is 2.01. The molecule has 1 unspecified atom stereocenters. The van der Waals surface area contributed by atoms with Crippen LogP contribution in [0.15, 0.2) is 35.7 Å². The van der Waals surface area contributed by atoms with E-state index >= 15 is 0 Å². The first-order valence-corrected chi connectivity index (χ1v) is 7.77. The molecule has 2 rings (SSSR count). The van der Waals surface area contributed by atoms with E-state index in [-0.39, 0.29) is 6.04 Å². The summed E-state index contributed by atoms with van der Waals surface area (Å²) in [5.41, 5.74) is 8.53. The maximum Gasteiger partial charge on any atom is 0.0928 e. The van der Waals surface area contributed by atoms with Crippen molar-refractivity contribution >= 4 is 11.3 Å². The van der Waals surface area contributed by atoms with Crippen molar-refractivity contribution in [3.05, 3.63) is 52.0 Å². The van der Waals surface area contributed by atoms with Gasteiger partial charge in [-0.25, -0.2) is 4.98 Å². The molecule has 19 heavy (non-hydrogen) atoms. The Kier molecular flexibility index (Phi) is 5.11. The van der Waals surface area contributed by atoms with Crippen LogP contribution in [-0.2, 0) is 12.8 Å². The van der Waals surface area contributed by atoms with Crippen LogP contribution >= 0.6 is 11.3 Å². The van der Waals surface area contributed by atoms with Crippen molar-refractivity contribution in [3.63, 3.8) is 0 Å². The standard InChI is InChI=1S/C16H22N2S/c1-12(2)8-9-16-18-14(11-19-16)10-15(17)13-6-4-3-5-7-13/h3-7,11-12,15H,8-10,17H2,1-2H3. The van der Waals surface area contributed by atoms with E-state index in [4.69, 9.17) is 5.73 Å². The lowest BCUT2D eigenvalue weighted by Crippen LogP contribution is -2.13. The number of benzene rings is 1.